The highest BCUT2D eigenvalue weighted by Gasteiger charge is 2.35. The zero-order valence-corrected chi connectivity index (χ0v) is 14.1. The largest absolute Gasteiger partial charge is 0.316 e. The van der Waals surface area contributed by atoms with Gasteiger partial charge in [-0.1, -0.05) is 25.8 Å². The van der Waals surface area contributed by atoms with Crippen LogP contribution in [0.2, 0.25) is 0 Å². The number of thiophene rings is 1. The predicted octanol–water partition coefficient (Wildman–Crippen LogP) is 3.78. The van der Waals surface area contributed by atoms with Crippen molar-refractivity contribution in [1.29, 1.82) is 0 Å². The Hall–Kier alpha value is -0.380. The first-order chi connectivity index (χ1) is 9.65. The van der Waals surface area contributed by atoms with Gasteiger partial charge in [-0.2, -0.15) is 0 Å². The van der Waals surface area contributed by atoms with Gasteiger partial charge in [0, 0.05) is 24.0 Å². The van der Waals surface area contributed by atoms with Crippen LogP contribution in [0.3, 0.4) is 0 Å². The average Bonchev–Trinajstić information content (AvgIpc) is 3.08. The SMILES string of the molecule is CCNCC1(CN(C)C(C)Cc2cccs2)CCCC1. The lowest BCUT2D eigenvalue weighted by Crippen LogP contribution is -2.44. The van der Waals surface area contributed by atoms with E-state index in [2.05, 4.69) is 48.6 Å². The molecule has 1 aromatic rings. The molecule has 0 aliphatic heterocycles. The van der Waals surface area contributed by atoms with Gasteiger partial charge in [-0.05, 0) is 56.6 Å². The Morgan fingerprint density at radius 1 is 1.40 bits per heavy atom. The fourth-order valence-electron chi connectivity index (χ4n) is 3.47. The molecule has 114 valence electrons. The first kappa shape index (κ1) is 16.0. The van der Waals surface area contributed by atoms with Gasteiger partial charge < -0.3 is 10.2 Å². The molecule has 1 unspecified atom stereocenters. The highest BCUT2D eigenvalue weighted by atomic mass is 32.1. The molecule has 1 atom stereocenters. The number of nitrogens with one attached hydrogen (secondary N) is 1. The monoisotopic (exact) mass is 294 g/mol. The van der Waals surface area contributed by atoms with Crippen LogP contribution in [0.1, 0.15) is 44.4 Å². The molecule has 1 aromatic heterocycles. The molecule has 0 aromatic carbocycles. The summed E-state index contributed by atoms with van der Waals surface area (Å²) in [5.41, 5.74) is 0.522. The van der Waals surface area contributed by atoms with E-state index in [1.807, 2.05) is 11.3 Å². The smallest absolute Gasteiger partial charge is 0.0112 e. The topological polar surface area (TPSA) is 15.3 Å². The summed E-state index contributed by atoms with van der Waals surface area (Å²) in [6.07, 6.45) is 6.81. The Kier molecular flexibility index (Phi) is 6.06. The van der Waals surface area contributed by atoms with E-state index in [-0.39, 0.29) is 0 Å². The van der Waals surface area contributed by atoms with Crippen LogP contribution in [0, 0.1) is 5.41 Å². The lowest BCUT2D eigenvalue weighted by Gasteiger charge is -2.36. The van der Waals surface area contributed by atoms with Crippen molar-refractivity contribution in [3.05, 3.63) is 22.4 Å². The van der Waals surface area contributed by atoms with Gasteiger partial charge in [-0.25, -0.2) is 0 Å². The van der Waals surface area contributed by atoms with E-state index in [0.717, 1.165) is 6.54 Å². The summed E-state index contributed by atoms with van der Waals surface area (Å²) in [6, 6.07) is 5.06. The quantitative estimate of drug-likeness (QED) is 0.785. The molecule has 3 heteroatoms. The summed E-state index contributed by atoms with van der Waals surface area (Å²) >= 11 is 1.89. The van der Waals surface area contributed by atoms with E-state index in [4.69, 9.17) is 0 Å². The average molecular weight is 295 g/mol. The zero-order valence-electron chi connectivity index (χ0n) is 13.3. The molecule has 1 heterocycles. The van der Waals surface area contributed by atoms with Crippen molar-refractivity contribution >= 4 is 11.3 Å². The van der Waals surface area contributed by atoms with Crippen molar-refractivity contribution in [2.75, 3.05) is 26.7 Å². The second-order valence-electron chi connectivity index (χ2n) is 6.54. The van der Waals surface area contributed by atoms with E-state index >= 15 is 0 Å². The molecule has 0 bridgehead atoms. The van der Waals surface area contributed by atoms with Crippen molar-refractivity contribution in [1.82, 2.24) is 10.2 Å². The van der Waals surface area contributed by atoms with Gasteiger partial charge in [0.25, 0.3) is 0 Å². The third kappa shape index (κ3) is 4.31. The molecule has 1 fully saturated rings. The van der Waals surface area contributed by atoms with Crippen molar-refractivity contribution in [3.63, 3.8) is 0 Å². The second kappa shape index (κ2) is 7.58. The van der Waals surface area contributed by atoms with Crippen LogP contribution in [0.25, 0.3) is 0 Å². The van der Waals surface area contributed by atoms with Gasteiger partial charge in [0.15, 0.2) is 0 Å². The van der Waals surface area contributed by atoms with Gasteiger partial charge in [0.1, 0.15) is 0 Å². The highest BCUT2D eigenvalue weighted by Crippen LogP contribution is 2.38. The molecule has 2 nitrogen and oxygen atoms in total. The van der Waals surface area contributed by atoms with Crippen molar-refractivity contribution in [3.8, 4) is 0 Å². The molecule has 1 N–H and O–H groups in total. The maximum atomic E-state index is 3.60. The lowest BCUT2D eigenvalue weighted by atomic mass is 9.85. The van der Waals surface area contributed by atoms with Gasteiger partial charge in [0.05, 0.1) is 0 Å². The second-order valence-corrected chi connectivity index (χ2v) is 7.57. The minimum absolute atomic E-state index is 0.522. The molecule has 20 heavy (non-hydrogen) atoms. The van der Waals surface area contributed by atoms with Crippen LogP contribution in [0.15, 0.2) is 17.5 Å². The van der Waals surface area contributed by atoms with Gasteiger partial charge in [0.2, 0.25) is 0 Å². The van der Waals surface area contributed by atoms with Crippen LogP contribution in [0.5, 0.6) is 0 Å². The summed E-state index contributed by atoms with van der Waals surface area (Å²) in [5.74, 6) is 0. The van der Waals surface area contributed by atoms with Crippen molar-refractivity contribution in [2.24, 2.45) is 5.41 Å². The number of hydrogen-bond donors (Lipinski definition) is 1. The predicted molar refractivity (Wildman–Crippen MR) is 89.6 cm³/mol. The standard InChI is InChI=1S/C17H30N2S/c1-4-18-13-17(9-5-6-10-17)14-19(3)15(2)12-16-8-7-11-20-16/h7-8,11,15,18H,4-6,9-10,12-14H2,1-3H3. The van der Waals surface area contributed by atoms with E-state index in [1.54, 1.807) is 0 Å². The molecule has 1 saturated carbocycles. The molecule has 0 amide bonds. The van der Waals surface area contributed by atoms with E-state index < -0.39 is 0 Å². The molecule has 0 spiro atoms. The Bertz CT molecular complexity index is 368. The van der Waals surface area contributed by atoms with Crippen LogP contribution >= 0.6 is 11.3 Å². The molecule has 0 radical (unpaired) electrons. The van der Waals surface area contributed by atoms with Crippen LogP contribution in [-0.4, -0.2) is 37.6 Å². The normalized spacial score (nSPS) is 19.6. The molecule has 2 rings (SSSR count). The zero-order chi connectivity index (χ0) is 14.4. The third-order valence-corrected chi connectivity index (χ3v) is 5.73. The molecule has 1 aliphatic rings. The van der Waals surface area contributed by atoms with Crippen molar-refractivity contribution in [2.45, 2.75) is 52.0 Å². The summed E-state index contributed by atoms with van der Waals surface area (Å²) in [4.78, 5) is 4.10. The Morgan fingerprint density at radius 2 is 2.15 bits per heavy atom. The number of nitrogens with zero attached hydrogens (tertiary/aromatic N) is 1. The van der Waals surface area contributed by atoms with Crippen LogP contribution in [-0.2, 0) is 6.42 Å². The highest BCUT2D eigenvalue weighted by molar-refractivity contribution is 7.09. The van der Waals surface area contributed by atoms with Gasteiger partial charge in [-0.15, -0.1) is 11.3 Å². The Balaban J connectivity index is 1.88. The lowest BCUT2D eigenvalue weighted by molar-refractivity contribution is 0.141. The number of hydrogen-bond acceptors (Lipinski definition) is 3. The fraction of sp³-hybridized carbons (Fsp3) is 0.765. The summed E-state index contributed by atoms with van der Waals surface area (Å²) < 4.78 is 0. The molecule has 1 aliphatic carbocycles. The minimum atomic E-state index is 0.522. The maximum absolute atomic E-state index is 3.60. The molecular weight excluding hydrogens is 264 g/mol. The Labute approximate surface area is 128 Å². The fourth-order valence-corrected chi connectivity index (χ4v) is 4.29. The molecule has 0 saturated heterocycles. The number of rotatable bonds is 8. The maximum Gasteiger partial charge on any atom is 0.0112 e. The van der Waals surface area contributed by atoms with E-state index in [9.17, 15) is 0 Å². The third-order valence-electron chi connectivity index (χ3n) is 4.83. The van der Waals surface area contributed by atoms with Crippen LogP contribution in [0.4, 0.5) is 0 Å². The summed E-state index contributed by atoms with van der Waals surface area (Å²) in [6.45, 7) is 8.11. The first-order valence-electron chi connectivity index (χ1n) is 8.08. The van der Waals surface area contributed by atoms with E-state index in [1.165, 1.54) is 50.1 Å². The molecular formula is C17H30N2S. The van der Waals surface area contributed by atoms with Gasteiger partial charge in [-0.3, -0.25) is 0 Å². The van der Waals surface area contributed by atoms with Gasteiger partial charge >= 0.3 is 0 Å². The van der Waals surface area contributed by atoms with Crippen LogP contribution < -0.4 is 5.32 Å². The van der Waals surface area contributed by atoms with E-state index in [0.29, 0.717) is 11.5 Å². The Morgan fingerprint density at radius 3 is 2.75 bits per heavy atom. The summed E-state index contributed by atoms with van der Waals surface area (Å²) in [7, 11) is 2.31. The first-order valence-corrected chi connectivity index (χ1v) is 8.96. The summed E-state index contributed by atoms with van der Waals surface area (Å²) in [5, 5.41) is 5.78. The number of likely N-dealkylation sites (N-methyl/N-ethyl adjacent to an activating group) is 1. The van der Waals surface area contributed by atoms with Crippen molar-refractivity contribution < 1.29 is 0 Å². The minimum Gasteiger partial charge on any atom is -0.316 e.